The standard InChI is InChI=1S/C16H24O3.C15H24O4/c1-4-8-14-15(19-16(2,3)18-14)12-17-11-13-9-6-5-7-10-13;1-15(2,17)19-14(9-6-10-16)12-18-11-13-7-4-3-5-8-13/h5-7,9-10,14-15H,4,8,11-12H2,1-3H3;3-5,7-8,14,16-17H,6,9-12H2,1-2H3/t14-,15?;/m0./s1. The first-order chi connectivity index (χ1) is 18.1. The molecule has 214 valence electrons. The number of rotatable bonds is 15. The first-order valence-electron chi connectivity index (χ1n) is 13.7. The van der Waals surface area contributed by atoms with E-state index in [-0.39, 0.29) is 24.9 Å². The van der Waals surface area contributed by atoms with Gasteiger partial charge in [0.25, 0.3) is 0 Å². The second-order valence-electron chi connectivity index (χ2n) is 10.6. The molecule has 7 nitrogen and oxygen atoms in total. The van der Waals surface area contributed by atoms with Crippen LogP contribution in [0.25, 0.3) is 0 Å². The summed E-state index contributed by atoms with van der Waals surface area (Å²) in [6.07, 6.45) is 3.39. The van der Waals surface area contributed by atoms with Crippen molar-refractivity contribution in [3.8, 4) is 0 Å². The predicted molar refractivity (Wildman–Crippen MR) is 148 cm³/mol. The van der Waals surface area contributed by atoms with Gasteiger partial charge in [0.2, 0.25) is 0 Å². The molecule has 2 N–H and O–H groups in total. The number of benzene rings is 2. The molecular formula is C31H48O7. The monoisotopic (exact) mass is 532 g/mol. The smallest absolute Gasteiger partial charge is 0.163 e. The highest BCUT2D eigenvalue weighted by Gasteiger charge is 2.40. The molecule has 0 aromatic heterocycles. The first kappa shape index (κ1) is 32.4. The molecular weight excluding hydrogens is 484 g/mol. The molecule has 38 heavy (non-hydrogen) atoms. The lowest BCUT2D eigenvalue weighted by molar-refractivity contribution is -0.218. The minimum absolute atomic E-state index is 0.0404. The van der Waals surface area contributed by atoms with Crippen molar-refractivity contribution in [1.82, 2.24) is 0 Å². The number of hydrogen-bond donors (Lipinski definition) is 2. The lowest BCUT2D eigenvalue weighted by Gasteiger charge is -2.26. The van der Waals surface area contributed by atoms with Crippen LogP contribution in [0.5, 0.6) is 0 Å². The molecule has 3 atom stereocenters. The molecule has 0 aliphatic carbocycles. The van der Waals surface area contributed by atoms with Gasteiger partial charge in [-0.05, 0) is 58.1 Å². The normalized spacial score (nSPS) is 19.6. The van der Waals surface area contributed by atoms with Crippen molar-refractivity contribution in [3.63, 3.8) is 0 Å². The second-order valence-corrected chi connectivity index (χ2v) is 10.6. The Morgan fingerprint density at radius 2 is 1.45 bits per heavy atom. The van der Waals surface area contributed by atoms with E-state index >= 15 is 0 Å². The third kappa shape index (κ3) is 13.8. The second kappa shape index (κ2) is 17.0. The predicted octanol–water partition coefficient (Wildman–Crippen LogP) is 5.61. The number of aliphatic hydroxyl groups is 2. The van der Waals surface area contributed by atoms with E-state index in [9.17, 15) is 5.11 Å². The molecule has 0 bridgehead atoms. The van der Waals surface area contributed by atoms with Crippen molar-refractivity contribution in [2.75, 3.05) is 19.8 Å². The maximum atomic E-state index is 9.66. The third-order valence-electron chi connectivity index (χ3n) is 5.81. The van der Waals surface area contributed by atoms with Crippen LogP contribution in [-0.4, -0.2) is 59.9 Å². The first-order valence-corrected chi connectivity index (χ1v) is 13.7. The van der Waals surface area contributed by atoms with Crippen LogP contribution in [0.1, 0.15) is 71.4 Å². The summed E-state index contributed by atoms with van der Waals surface area (Å²) in [5, 5.41) is 18.5. The zero-order chi connectivity index (χ0) is 27.9. The molecule has 0 amide bonds. The lowest BCUT2D eigenvalue weighted by atomic mass is 10.1. The van der Waals surface area contributed by atoms with Crippen LogP contribution in [-0.2, 0) is 36.9 Å². The van der Waals surface area contributed by atoms with E-state index in [0.717, 1.165) is 18.4 Å². The molecule has 1 fully saturated rings. The highest BCUT2D eigenvalue weighted by atomic mass is 16.8. The summed E-state index contributed by atoms with van der Waals surface area (Å²) in [7, 11) is 0. The van der Waals surface area contributed by atoms with Gasteiger partial charge in [0.05, 0.1) is 38.6 Å². The Bertz CT molecular complexity index is 852. The summed E-state index contributed by atoms with van der Waals surface area (Å²) < 4.78 is 28.7. The summed E-state index contributed by atoms with van der Waals surface area (Å²) in [4.78, 5) is 0. The Morgan fingerprint density at radius 1 is 0.895 bits per heavy atom. The van der Waals surface area contributed by atoms with Gasteiger partial charge in [-0.3, -0.25) is 0 Å². The largest absolute Gasteiger partial charge is 0.396 e. The number of ether oxygens (including phenoxy) is 5. The molecule has 1 aliphatic rings. The van der Waals surface area contributed by atoms with Gasteiger partial charge in [0, 0.05) is 6.61 Å². The topological polar surface area (TPSA) is 86.6 Å². The van der Waals surface area contributed by atoms with E-state index in [2.05, 4.69) is 19.1 Å². The number of aliphatic hydroxyl groups excluding tert-OH is 1. The summed E-state index contributed by atoms with van der Waals surface area (Å²) in [5.41, 5.74) is 2.29. The molecule has 7 heteroatoms. The molecule has 1 heterocycles. The minimum atomic E-state index is -1.18. The molecule has 2 aromatic carbocycles. The zero-order valence-corrected chi connectivity index (χ0v) is 23.8. The van der Waals surface area contributed by atoms with Crippen molar-refractivity contribution >= 4 is 0 Å². The SMILES string of the molecule is CC(C)(O)OC(CCCO)COCc1ccccc1.CCC[C@@H]1OC(C)(C)OC1COCc1ccccc1. The fourth-order valence-corrected chi connectivity index (χ4v) is 4.23. The van der Waals surface area contributed by atoms with E-state index in [1.165, 1.54) is 5.56 Å². The van der Waals surface area contributed by atoms with Crippen LogP contribution < -0.4 is 0 Å². The van der Waals surface area contributed by atoms with Gasteiger partial charge in [0.1, 0.15) is 6.10 Å². The Morgan fingerprint density at radius 3 is 1.97 bits per heavy atom. The highest BCUT2D eigenvalue weighted by molar-refractivity contribution is 5.14. The van der Waals surface area contributed by atoms with Gasteiger partial charge in [-0.2, -0.15) is 0 Å². The molecule has 0 saturated carbocycles. The zero-order valence-electron chi connectivity index (χ0n) is 23.8. The van der Waals surface area contributed by atoms with E-state index in [0.29, 0.717) is 39.3 Å². The van der Waals surface area contributed by atoms with Gasteiger partial charge in [0.15, 0.2) is 11.6 Å². The van der Waals surface area contributed by atoms with Crippen molar-refractivity contribution in [3.05, 3.63) is 71.8 Å². The van der Waals surface area contributed by atoms with Crippen LogP contribution in [0.3, 0.4) is 0 Å². The van der Waals surface area contributed by atoms with Gasteiger partial charge < -0.3 is 33.9 Å². The van der Waals surface area contributed by atoms with E-state index in [4.69, 9.17) is 28.8 Å². The number of hydrogen-bond acceptors (Lipinski definition) is 7. The van der Waals surface area contributed by atoms with Crippen LogP contribution in [0.4, 0.5) is 0 Å². The molecule has 3 rings (SSSR count). The van der Waals surface area contributed by atoms with Crippen molar-refractivity contribution in [1.29, 1.82) is 0 Å². The fraction of sp³-hybridized carbons (Fsp3) is 0.613. The van der Waals surface area contributed by atoms with E-state index < -0.39 is 11.6 Å². The third-order valence-corrected chi connectivity index (χ3v) is 5.81. The highest BCUT2D eigenvalue weighted by Crippen LogP contribution is 2.30. The molecule has 1 saturated heterocycles. The summed E-state index contributed by atoms with van der Waals surface area (Å²) in [6, 6.07) is 20.1. The molecule has 0 radical (unpaired) electrons. The van der Waals surface area contributed by atoms with Crippen LogP contribution in [0.2, 0.25) is 0 Å². The molecule has 0 spiro atoms. The molecule has 2 unspecified atom stereocenters. The van der Waals surface area contributed by atoms with E-state index in [1.807, 2.05) is 62.4 Å². The summed E-state index contributed by atoms with van der Waals surface area (Å²) in [6.45, 7) is 11.5. The maximum absolute atomic E-state index is 9.66. The Labute approximate surface area is 229 Å². The average Bonchev–Trinajstić information content (AvgIpc) is 3.16. The van der Waals surface area contributed by atoms with Crippen molar-refractivity contribution in [2.24, 2.45) is 0 Å². The minimum Gasteiger partial charge on any atom is -0.396 e. The van der Waals surface area contributed by atoms with Crippen LogP contribution in [0.15, 0.2) is 60.7 Å². The quantitative estimate of drug-likeness (QED) is 0.288. The van der Waals surface area contributed by atoms with Gasteiger partial charge >= 0.3 is 0 Å². The molecule has 1 aliphatic heterocycles. The van der Waals surface area contributed by atoms with Crippen LogP contribution >= 0.6 is 0 Å². The maximum Gasteiger partial charge on any atom is 0.163 e. The van der Waals surface area contributed by atoms with E-state index in [1.54, 1.807) is 13.8 Å². The Kier molecular flexibility index (Phi) is 14.5. The average molecular weight is 533 g/mol. The Hall–Kier alpha value is -1.84. The lowest BCUT2D eigenvalue weighted by Crippen LogP contribution is -2.33. The Balaban J connectivity index is 0.000000267. The van der Waals surface area contributed by atoms with Crippen molar-refractivity contribution < 1.29 is 33.9 Å². The van der Waals surface area contributed by atoms with Gasteiger partial charge in [-0.25, -0.2) is 0 Å². The van der Waals surface area contributed by atoms with Gasteiger partial charge in [-0.1, -0.05) is 74.0 Å². The van der Waals surface area contributed by atoms with Crippen LogP contribution in [0, 0.1) is 0 Å². The molecule has 2 aromatic rings. The summed E-state index contributed by atoms with van der Waals surface area (Å²) >= 11 is 0. The van der Waals surface area contributed by atoms with Gasteiger partial charge in [-0.15, -0.1) is 0 Å². The summed E-state index contributed by atoms with van der Waals surface area (Å²) in [5.74, 6) is -1.67. The van der Waals surface area contributed by atoms with Crippen molar-refractivity contribution in [2.45, 2.75) is 103 Å². The fourth-order valence-electron chi connectivity index (χ4n) is 4.23.